The number of aromatic nitrogens is 2. The van der Waals surface area contributed by atoms with E-state index in [4.69, 9.17) is 10.8 Å². The van der Waals surface area contributed by atoms with Gasteiger partial charge in [0.25, 0.3) is 0 Å². The summed E-state index contributed by atoms with van der Waals surface area (Å²) in [6.07, 6.45) is 1.05. The highest BCUT2D eigenvalue weighted by Gasteiger charge is 2.07. The van der Waals surface area contributed by atoms with Gasteiger partial charge in [-0.1, -0.05) is 11.8 Å². The van der Waals surface area contributed by atoms with Crippen molar-refractivity contribution in [3.63, 3.8) is 0 Å². The van der Waals surface area contributed by atoms with Crippen molar-refractivity contribution < 1.29 is 14.7 Å². The second-order valence-corrected chi connectivity index (χ2v) is 5.08. The molecule has 0 radical (unpaired) electrons. The van der Waals surface area contributed by atoms with E-state index in [0.29, 0.717) is 23.5 Å². The summed E-state index contributed by atoms with van der Waals surface area (Å²) in [5.41, 5.74) is 6.69. The van der Waals surface area contributed by atoms with Crippen LogP contribution in [0.2, 0.25) is 0 Å². The zero-order valence-electron chi connectivity index (χ0n) is 10.0. The van der Waals surface area contributed by atoms with E-state index < -0.39 is 5.97 Å². The van der Waals surface area contributed by atoms with Crippen LogP contribution in [0.25, 0.3) is 11.0 Å². The number of rotatable bonds is 6. The number of hydrogen-bond acceptors (Lipinski definition) is 4. The Hall–Kier alpha value is -2.02. The number of nitrogens with two attached hydrogens (primary N) is 1. The number of carboxylic acid groups (broad SMARTS) is 1. The van der Waals surface area contributed by atoms with Crippen molar-refractivity contribution in [3.05, 3.63) is 23.8 Å². The highest BCUT2D eigenvalue weighted by atomic mass is 32.2. The molecule has 0 unspecified atom stereocenters. The van der Waals surface area contributed by atoms with Crippen LogP contribution in [-0.2, 0) is 4.79 Å². The third-order valence-corrected chi connectivity index (χ3v) is 3.47. The molecule has 0 spiro atoms. The monoisotopic (exact) mass is 279 g/mol. The smallest absolute Gasteiger partial charge is 0.335 e. The fourth-order valence-electron chi connectivity index (χ4n) is 1.60. The summed E-state index contributed by atoms with van der Waals surface area (Å²) in [6, 6.07) is 4.74. The van der Waals surface area contributed by atoms with Gasteiger partial charge in [0.15, 0.2) is 5.16 Å². The lowest BCUT2D eigenvalue weighted by molar-refractivity contribution is -0.118. The van der Waals surface area contributed by atoms with E-state index in [1.165, 1.54) is 17.8 Å². The van der Waals surface area contributed by atoms with Gasteiger partial charge in [-0.25, -0.2) is 9.78 Å². The van der Waals surface area contributed by atoms with Gasteiger partial charge < -0.3 is 15.8 Å². The van der Waals surface area contributed by atoms with Crippen LogP contribution >= 0.6 is 11.8 Å². The lowest BCUT2D eigenvalue weighted by Gasteiger charge is -1.95. The number of hydrogen-bond donors (Lipinski definition) is 3. The van der Waals surface area contributed by atoms with Crippen molar-refractivity contribution in [1.29, 1.82) is 0 Å². The Morgan fingerprint density at radius 2 is 2.21 bits per heavy atom. The van der Waals surface area contributed by atoms with Gasteiger partial charge >= 0.3 is 5.97 Å². The molecule has 2 rings (SSSR count). The fourth-order valence-corrected chi connectivity index (χ4v) is 2.43. The lowest BCUT2D eigenvalue weighted by atomic mass is 10.2. The standard InChI is InChI=1S/C12H13N3O3S/c13-10(16)2-1-5-19-12-14-8-4-3-7(11(17)18)6-9(8)15-12/h3-4,6H,1-2,5H2,(H2,13,16)(H,14,15)(H,17,18). The molecule has 1 aromatic carbocycles. The number of carbonyl (C=O) groups is 2. The molecule has 0 bridgehead atoms. The largest absolute Gasteiger partial charge is 0.478 e. The molecule has 0 atom stereocenters. The molecule has 100 valence electrons. The van der Waals surface area contributed by atoms with Crippen molar-refractivity contribution in [2.45, 2.75) is 18.0 Å². The van der Waals surface area contributed by atoms with Gasteiger partial charge in [0.05, 0.1) is 16.6 Å². The molecule has 0 saturated heterocycles. The number of nitrogens with zero attached hydrogens (tertiary/aromatic N) is 1. The molecule has 19 heavy (non-hydrogen) atoms. The molecule has 0 saturated carbocycles. The Balaban J connectivity index is 2.04. The molecule has 1 amide bonds. The maximum atomic E-state index is 10.8. The maximum Gasteiger partial charge on any atom is 0.335 e. The minimum Gasteiger partial charge on any atom is -0.478 e. The third kappa shape index (κ3) is 3.47. The number of benzene rings is 1. The van der Waals surface area contributed by atoms with Gasteiger partial charge in [-0.2, -0.15) is 0 Å². The van der Waals surface area contributed by atoms with E-state index in [1.807, 2.05) is 0 Å². The van der Waals surface area contributed by atoms with Crippen LogP contribution < -0.4 is 5.73 Å². The number of aromatic amines is 1. The number of fused-ring (bicyclic) bond motifs is 1. The van der Waals surface area contributed by atoms with Crippen LogP contribution in [-0.4, -0.2) is 32.7 Å². The highest BCUT2D eigenvalue weighted by Crippen LogP contribution is 2.21. The molecule has 0 aliphatic heterocycles. The first-order valence-electron chi connectivity index (χ1n) is 5.70. The predicted octanol–water partition coefficient (Wildman–Crippen LogP) is 1.62. The minimum atomic E-state index is -0.966. The predicted molar refractivity (Wildman–Crippen MR) is 72.2 cm³/mol. The molecule has 4 N–H and O–H groups in total. The number of nitrogens with one attached hydrogen (secondary N) is 1. The number of H-pyrrole nitrogens is 1. The molecule has 2 aromatic rings. The minimum absolute atomic E-state index is 0.224. The van der Waals surface area contributed by atoms with Gasteiger partial charge in [-0.15, -0.1) is 0 Å². The molecule has 1 heterocycles. The maximum absolute atomic E-state index is 10.8. The van der Waals surface area contributed by atoms with Gasteiger partial charge in [0, 0.05) is 12.2 Å². The number of aromatic carboxylic acids is 1. The summed E-state index contributed by atoms with van der Waals surface area (Å²) in [6.45, 7) is 0. The Kier molecular flexibility index (Phi) is 4.06. The average Bonchev–Trinajstić information content (AvgIpc) is 2.75. The molecular weight excluding hydrogens is 266 g/mol. The van der Waals surface area contributed by atoms with Gasteiger partial charge in [0.2, 0.25) is 5.91 Å². The van der Waals surface area contributed by atoms with Crippen molar-refractivity contribution >= 4 is 34.7 Å². The number of carboxylic acids is 1. The first-order chi connectivity index (χ1) is 9.06. The van der Waals surface area contributed by atoms with E-state index >= 15 is 0 Å². The van der Waals surface area contributed by atoms with E-state index in [2.05, 4.69) is 9.97 Å². The second-order valence-electron chi connectivity index (χ2n) is 4.00. The van der Waals surface area contributed by atoms with Crippen LogP contribution in [0, 0.1) is 0 Å². The number of amides is 1. The van der Waals surface area contributed by atoms with Gasteiger partial charge in [-0.05, 0) is 24.6 Å². The first kappa shape index (κ1) is 13.4. The number of carbonyl (C=O) groups excluding carboxylic acids is 1. The van der Waals surface area contributed by atoms with E-state index in [0.717, 1.165) is 11.3 Å². The second kappa shape index (κ2) is 5.75. The SMILES string of the molecule is NC(=O)CCCSc1nc2ccc(C(=O)O)cc2[nH]1. The number of thioether (sulfide) groups is 1. The fraction of sp³-hybridized carbons (Fsp3) is 0.250. The number of primary amides is 1. The topological polar surface area (TPSA) is 109 Å². The molecule has 1 aromatic heterocycles. The van der Waals surface area contributed by atoms with E-state index in [9.17, 15) is 9.59 Å². The first-order valence-corrected chi connectivity index (χ1v) is 6.69. The summed E-state index contributed by atoms with van der Waals surface area (Å²) in [5.74, 6) is -0.544. The Bertz CT molecular complexity index is 624. The van der Waals surface area contributed by atoms with Crippen molar-refractivity contribution in [2.24, 2.45) is 5.73 Å². The van der Waals surface area contributed by atoms with Crippen molar-refractivity contribution in [2.75, 3.05) is 5.75 Å². The normalized spacial score (nSPS) is 10.7. The highest BCUT2D eigenvalue weighted by molar-refractivity contribution is 7.99. The summed E-state index contributed by atoms with van der Waals surface area (Å²) in [5, 5.41) is 9.60. The van der Waals surface area contributed by atoms with Crippen molar-refractivity contribution in [3.8, 4) is 0 Å². The number of imidazole rings is 1. The lowest BCUT2D eigenvalue weighted by Crippen LogP contribution is -2.09. The zero-order chi connectivity index (χ0) is 13.8. The summed E-state index contributed by atoms with van der Waals surface area (Å²) in [4.78, 5) is 28.8. The molecule has 7 heteroatoms. The van der Waals surface area contributed by atoms with Crippen molar-refractivity contribution in [1.82, 2.24) is 9.97 Å². The Labute approximate surface area is 113 Å². The Morgan fingerprint density at radius 1 is 1.42 bits per heavy atom. The molecule has 0 aliphatic rings. The summed E-state index contributed by atoms with van der Waals surface area (Å²) < 4.78 is 0. The Morgan fingerprint density at radius 3 is 2.89 bits per heavy atom. The summed E-state index contributed by atoms with van der Waals surface area (Å²) in [7, 11) is 0. The third-order valence-electron chi connectivity index (χ3n) is 2.51. The molecular formula is C12H13N3O3S. The van der Waals surface area contributed by atoms with Crippen LogP contribution in [0.4, 0.5) is 0 Å². The van der Waals surface area contributed by atoms with Gasteiger partial charge in [0.1, 0.15) is 0 Å². The van der Waals surface area contributed by atoms with Crippen LogP contribution in [0.5, 0.6) is 0 Å². The average molecular weight is 279 g/mol. The zero-order valence-corrected chi connectivity index (χ0v) is 10.9. The quantitative estimate of drug-likeness (QED) is 0.550. The van der Waals surface area contributed by atoms with Crippen LogP contribution in [0.3, 0.4) is 0 Å². The van der Waals surface area contributed by atoms with Crippen LogP contribution in [0.1, 0.15) is 23.2 Å². The van der Waals surface area contributed by atoms with Gasteiger partial charge in [-0.3, -0.25) is 4.79 Å². The van der Waals surface area contributed by atoms with Crippen LogP contribution in [0.15, 0.2) is 23.4 Å². The molecule has 0 aliphatic carbocycles. The van der Waals surface area contributed by atoms with E-state index in [-0.39, 0.29) is 11.5 Å². The molecule has 6 nitrogen and oxygen atoms in total. The molecule has 0 fully saturated rings. The van der Waals surface area contributed by atoms with E-state index in [1.54, 1.807) is 12.1 Å². The summed E-state index contributed by atoms with van der Waals surface area (Å²) >= 11 is 1.48.